The lowest BCUT2D eigenvalue weighted by atomic mass is 10.2. The summed E-state index contributed by atoms with van der Waals surface area (Å²) in [5, 5.41) is 3.40. The highest BCUT2D eigenvalue weighted by Crippen LogP contribution is 2.08. The Hall–Kier alpha value is -0.930. The predicted molar refractivity (Wildman–Crippen MR) is 82.1 cm³/mol. The van der Waals surface area contributed by atoms with E-state index < -0.39 is 0 Å². The Kier molecular flexibility index (Phi) is 7.68. The van der Waals surface area contributed by atoms with Crippen molar-refractivity contribution in [1.29, 1.82) is 0 Å². The van der Waals surface area contributed by atoms with Crippen LogP contribution in [0.3, 0.4) is 0 Å². The van der Waals surface area contributed by atoms with E-state index in [9.17, 15) is 0 Å². The quantitative estimate of drug-likeness (QED) is 0.693. The van der Waals surface area contributed by atoms with Crippen LogP contribution in [-0.4, -0.2) is 29.0 Å². The zero-order chi connectivity index (χ0) is 14.1. The molecule has 3 nitrogen and oxygen atoms in total. The first kappa shape index (κ1) is 16.1. The molecule has 108 valence electrons. The highest BCUT2D eigenvalue weighted by Gasteiger charge is 2.09. The lowest BCUT2D eigenvalue weighted by molar-refractivity contribution is 0.210. The zero-order valence-corrected chi connectivity index (χ0v) is 12.9. The van der Waals surface area contributed by atoms with E-state index in [1.165, 1.54) is 12.1 Å². The summed E-state index contributed by atoms with van der Waals surface area (Å²) in [7, 11) is 0. The second kappa shape index (κ2) is 9.05. The third kappa shape index (κ3) is 6.17. The summed E-state index contributed by atoms with van der Waals surface area (Å²) < 4.78 is 0. The van der Waals surface area contributed by atoms with Crippen molar-refractivity contribution in [2.24, 2.45) is 0 Å². The normalized spacial score (nSPS) is 11.5. The number of rotatable bonds is 9. The third-order valence-corrected chi connectivity index (χ3v) is 3.20. The molecule has 0 bridgehead atoms. The summed E-state index contributed by atoms with van der Waals surface area (Å²) in [6.45, 7) is 12.9. The van der Waals surface area contributed by atoms with E-state index in [1.807, 2.05) is 0 Å². The van der Waals surface area contributed by atoms with Gasteiger partial charge in [0.2, 0.25) is 0 Å². The lowest BCUT2D eigenvalue weighted by Crippen LogP contribution is -2.31. The van der Waals surface area contributed by atoms with Crippen molar-refractivity contribution < 1.29 is 0 Å². The number of hydrogen-bond donors (Lipinski definition) is 1. The van der Waals surface area contributed by atoms with Crippen LogP contribution in [0.4, 0.5) is 0 Å². The Labute approximate surface area is 118 Å². The number of nitrogens with one attached hydrogen (secondary N) is 1. The average molecular weight is 263 g/mol. The van der Waals surface area contributed by atoms with Gasteiger partial charge in [0.1, 0.15) is 0 Å². The van der Waals surface area contributed by atoms with Gasteiger partial charge in [-0.15, -0.1) is 0 Å². The zero-order valence-electron chi connectivity index (χ0n) is 12.9. The van der Waals surface area contributed by atoms with Gasteiger partial charge in [-0.25, -0.2) is 0 Å². The summed E-state index contributed by atoms with van der Waals surface area (Å²) in [5.41, 5.74) is 2.32. The van der Waals surface area contributed by atoms with Crippen LogP contribution in [0.25, 0.3) is 0 Å². The van der Waals surface area contributed by atoms with Crippen molar-refractivity contribution in [1.82, 2.24) is 15.2 Å². The SMILES string of the molecule is CCCNCc1cccc(CN(CCC)C(C)C)n1. The largest absolute Gasteiger partial charge is 0.311 e. The number of nitrogens with zero attached hydrogens (tertiary/aromatic N) is 2. The fourth-order valence-corrected chi connectivity index (χ4v) is 2.12. The van der Waals surface area contributed by atoms with E-state index in [0.717, 1.165) is 38.3 Å². The molecule has 0 spiro atoms. The van der Waals surface area contributed by atoms with E-state index in [4.69, 9.17) is 4.98 Å². The molecule has 0 saturated carbocycles. The first-order valence-corrected chi connectivity index (χ1v) is 7.57. The lowest BCUT2D eigenvalue weighted by Gasteiger charge is -2.25. The van der Waals surface area contributed by atoms with E-state index >= 15 is 0 Å². The maximum absolute atomic E-state index is 4.74. The van der Waals surface area contributed by atoms with Gasteiger partial charge in [-0.2, -0.15) is 0 Å². The Morgan fingerprint density at radius 1 is 1.16 bits per heavy atom. The van der Waals surface area contributed by atoms with Crippen molar-refractivity contribution in [3.05, 3.63) is 29.6 Å². The molecule has 0 unspecified atom stereocenters. The van der Waals surface area contributed by atoms with Gasteiger partial charge in [0, 0.05) is 19.1 Å². The van der Waals surface area contributed by atoms with Crippen LogP contribution in [0.15, 0.2) is 18.2 Å². The Morgan fingerprint density at radius 3 is 2.53 bits per heavy atom. The molecule has 0 aliphatic carbocycles. The van der Waals surface area contributed by atoms with Crippen LogP contribution in [0, 0.1) is 0 Å². The molecule has 0 atom stereocenters. The molecule has 0 aliphatic heterocycles. The van der Waals surface area contributed by atoms with E-state index in [-0.39, 0.29) is 0 Å². The molecule has 1 aromatic heterocycles. The molecule has 1 aromatic rings. The second-order valence-corrected chi connectivity index (χ2v) is 5.36. The molecule has 0 aliphatic rings. The second-order valence-electron chi connectivity index (χ2n) is 5.36. The molecule has 1 heterocycles. The molecule has 3 heteroatoms. The molecule has 1 N–H and O–H groups in total. The summed E-state index contributed by atoms with van der Waals surface area (Å²) >= 11 is 0. The van der Waals surface area contributed by atoms with Crippen LogP contribution in [-0.2, 0) is 13.1 Å². The number of aromatic nitrogens is 1. The maximum atomic E-state index is 4.74. The minimum Gasteiger partial charge on any atom is -0.311 e. The smallest absolute Gasteiger partial charge is 0.0547 e. The molecular formula is C16H29N3. The summed E-state index contributed by atoms with van der Waals surface area (Å²) in [5.74, 6) is 0. The van der Waals surface area contributed by atoms with Crippen LogP contribution in [0.1, 0.15) is 51.9 Å². The molecule has 0 saturated heterocycles. The highest BCUT2D eigenvalue weighted by atomic mass is 15.1. The molecule has 1 rings (SSSR count). The standard InChI is InChI=1S/C16H29N3/c1-5-10-17-12-15-8-7-9-16(18-15)13-19(11-6-2)14(3)4/h7-9,14,17H,5-6,10-13H2,1-4H3. The van der Waals surface area contributed by atoms with Gasteiger partial charge in [0.05, 0.1) is 11.4 Å². The Bertz CT molecular complexity index is 350. The van der Waals surface area contributed by atoms with Gasteiger partial charge < -0.3 is 5.32 Å². The van der Waals surface area contributed by atoms with Crippen LogP contribution >= 0.6 is 0 Å². The first-order chi connectivity index (χ1) is 9.17. The van der Waals surface area contributed by atoms with Crippen LogP contribution in [0.2, 0.25) is 0 Å². The molecule has 0 radical (unpaired) electrons. The van der Waals surface area contributed by atoms with Crippen molar-refractivity contribution in [3.63, 3.8) is 0 Å². The topological polar surface area (TPSA) is 28.2 Å². The van der Waals surface area contributed by atoms with Crippen molar-refractivity contribution in [2.75, 3.05) is 13.1 Å². The summed E-state index contributed by atoms with van der Waals surface area (Å²) in [6, 6.07) is 6.93. The van der Waals surface area contributed by atoms with Crippen molar-refractivity contribution in [2.45, 2.75) is 59.7 Å². The Morgan fingerprint density at radius 2 is 1.89 bits per heavy atom. The van der Waals surface area contributed by atoms with Crippen molar-refractivity contribution in [3.8, 4) is 0 Å². The highest BCUT2D eigenvalue weighted by molar-refractivity contribution is 5.11. The average Bonchev–Trinajstić information content (AvgIpc) is 2.39. The predicted octanol–water partition coefficient (Wildman–Crippen LogP) is 3.20. The summed E-state index contributed by atoms with van der Waals surface area (Å²) in [4.78, 5) is 7.22. The van der Waals surface area contributed by atoms with E-state index in [0.29, 0.717) is 6.04 Å². The van der Waals surface area contributed by atoms with Gasteiger partial charge in [0.15, 0.2) is 0 Å². The van der Waals surface area contributed by atoms with Crippen LogP contribution < -0.4 is 5.32 Å². The number of pyridine rings is 1. The van der Waals surface area contributed by atoms with Gasteiger partial charge in [0.25, 0.3) is 0 Å². The minimum atomic E-state index is 0.573. The first-order valence-electron chi connectivity index (χ1n) is 7.57. The monoisotopic (exact) mass is 263 g/mol. The maximum Gasteiger partial charge on any atom is 0.0547 e. The molecule has 0 fully saturated rings. The fraction of sp³-hybridized carbons (Fsp3) is 0.688. The minimum absolute atomic E-state index is 0.573. The van der Waals surface area contributed by atoms with Gasteiger partial charge in [-0.3, -0.25) is 9.88 Å². The molecular weight excluding hydrogens is 234 g/mol. The molecule has 19 heavy (non-hydrogen) atoms. The molecule has 0 amide bonds. The van der Waals surface area contributed by atoms with Crippen molar-refractivity contribution >= 4 is 0 Å². The molecule has 0 aromatic carbocycles. The van der Waals surface area contributed by atoms with Gasteiger partial charge in [-0.1, -0.05) is 19.9 Å². The van der Waals surface area contributed by atoms with E-state index in [2.05, 4.69) is 56.1 Å². The third-order valence-electron chi connectivity index (χ3n) is 3.20. The van der Waals surface area contributed by atoms with E-state index in [1.54, 1.807) is 0 Å². The fourth-order valence-electron chi connectivity index (χ4n) is 2.12. The van der Waals surface area contributed by atoms with Gasteiger partial charge >= 0.3 is 0 Å². The Balaban J connectivity index is 2.59. The summed E-state index contributed by atoms with van der Waals surface area (Å²) in [6.07, 6.45) is 2.35. The van der Waals surface area contributed by atoms with Gasteiger partial charge in [-0.05, 0) is 51.9 Å². The number of hydrogen-bond acceptors (Lipinski definition) is 3. The van der Waals surface area contributed by atoms with Crippen LogP contribution in [0.5, 0.6) is 0 Å².